The Kier molecular flexibility index (Phi) is 5.18. The molecule has 1 aliphatic heterocycles. The van der Waals surface area contributed by atoms with Gasteiger partial charge in [-0.15, -0.1) is 0 Å². The molecule has 0 fully saturated rings. The summed E-state index contributed by atoms with van der Waals surface area (Å²) in [5, 5.41) is 2.90. The molecule has 1 amide bonds. The molecule has 144 valence electrons. The van der Waals surface area contributed by atoms with E-state index in [-0.39, 0.29) is 33.7 Å². The van der Waals surface area contributed by atoms with Gasteiger partial charge in [0.2, 0.25) is 16.8 Å². The van der Waals surface area contributed by atoms with Crippen molar-refractivity contribution in [3.8, 4) is 17.2 Å². The molecule has 0 bridgehead atoms. The van der Waals surface area contributed by atoms with Crippen molar-refractivity contribution in [3.63, 3.8) is 0 Å². The Morgan fingerprint density at radius 1 is 1.22 bits per heavy atom. The number of fused-ring (bicyclic) bond motifs is 1. The number of sulfonamides is 1. The van der Waals surface area contributed by atoms with Gasteiger partial charge >= 0.3 is 0 Å². The number of nitrogens with zero attached hydrogens (tertiary/aromatic N) is 1. The monoisotopic (exact) mass is 412 g/mol. The first kappa shape index (κ1) is 19.3. The number of methoxy groups -OCH3 is 1. The third-order valence-electron chi connectivity index (χ3n) is 3.87. The molecule has 0 aliphatic carbocycles. The summed E-state index contributed by atoms with van der Waals surface area (Å²) in [7, 11) is 0.437. The van der Waals surface area contributed by atoms with Crippen LogP contribution in [-0.4, -0.2) is 46.6 Å². The standard InChI is InChI=1S/C17H17ClN2O6S/c1-20(2)27(22,23)15-8-11(4-5-13(15)24-3)19-17(21)10-6-12(18)16-14(7-10)25-9-26-16/h4-8H,9H2,1-3H3,(H,19,21). The van der Waals surface area contributed by atoms with E-state index in [1.807, 2.05) is 0 Å². The van der Waals surface area contributed by atoms with E-state index in [1.165, 1.54) is 45.5 Å². The van der Waals surface area contributed by atoms with Crippen LogP contribution in [0.5, 0.6) is 17.2 Å². The lowest BCUT2D eigenvalue weighted by Crippen LogP contribution is -2.23. The molecule has 0 saturated heterocycles. The van der Waals surface area contributed by atoms with Crippen LogP contribution in [0.4, 0.5) is 5.69 Å². The van der Waals surface area contributed by atoms with Gasteiger partial charge < -0.3 is 19.5 Å². The van der Waals surface area contributed by atoms with Crippen LogP contribution in [0.2, 0.25) is 5.02 Å². The fraction of sp³-hybridized carbons (Fsp3) is 0.235. The number of nitrogens with one attached hydrogen (secondary N) is 1. The van der Waals surface area contributed by atoms with Crippen molar-refractivity contribution >= 4 is 33.2 Å². The van der Waals surface area contributed by atoms with Crippen LogP contribution < -0.4 is 19.5 Å². The zero-order valence-corrected chi connectivity index (χ0v) is 16.3. The van der Waals surface area contributed by atoms with Gasteiger partial charge in [-0.3, -0.25) is 4.79 Å². The maximum atomic E-state index is 12.6. The van der Waals surface area contributed by atoms with E-state index < -0.39 is 15.9 Å². The maximum absolute atomic E-state index is 12.6. The average molecular weight is 413 g/mol. The van der Waals surface area contributed by atoms with Crippen LogP contribution in [0.25, 0.3) is 0 Å². The van der Waals surface area contributed by atoms with Gasteiger partial charge in [0.15, 0.2) is 11.5 Å². The Morgan fingerprint density at radius 3 is 2.63 bits per heavy atom. The normalized spacial score (nSPS) is 12.9. The number of hydrogen-bond acceptors (Lipinski definition) is 6. The van der Waals surface area contributed by atoms with Crippen LogP contribution in [0.3, 0.4) is 0 Å². The molecule has 27 heavy (non-hydrogen) atoms. The number of anilines is 1. The third kappa shape index (κ3) is 3.66. The zero-order chi connectivity index (χ0) is 19.8. The second kappa shape index (κ2) is 7.26. The Hall–Kier alpha value is -2.49. The minimum atomic E-state index is -3.76. The molecule has 0 atom stereocenters. The zero-order valence-electron chi connectivity index (χ0n) is 14.8. The van der Waals surface area contributed by atoms with Crippen molar-refractivity contribution in [1.82, 2.24) is 4.31 Å². The molecule has 1 heterocycles. The number of amides is 1. The smallest absolute Gasteiger partial charge is 0.255 e. The second-order valence-electron chi connectivity index (χ2n) is 5.80. The van der Waals surface area contributed by atoms with Gasteiger partial charge in [0, 0.05) is 25.3 Å². The second-order valence-corrected chi connectivity index (χ2v) is 8.33. The van der Waals surface area contributed by atoms with Crippen molar-refractivity contribution in [2.24, 2.45) is 0 Å². The number of carbonyl (C=O) groups excluding carboxylic acids is 1. The topological polar surface area (TPSA) is 94.2 Å². The van der Waals surface area contributed by atoms with E-state index >= 15 is 0 Å². The van der Waals surface area contributed by atoms with E-state index in [4.69, 9.17) is 25.8 Å². The number of halogens is 1. The molecule has 0 unspecified atom stereocenters. The van der Waals surface area contributed by atoms with Crippen molar-refractivity contribution in [3.05, 3.63) is 40.9 Å². The van der Waals surface area contributed by atoms with E-state index in [2.05, 4.69) is 5.32 Å². The first-order valence-electron chi connectivity index (χ1n) is 7.75. The quantitative estimate of drug-likeness (QED) is 0.811. The predicted octanol–water partition coefficient (Wildman–Crippen LogP) is 2.58. The highest BCUT2D eigenvalue weighted by molar-refractivity contribution is 7.89. The van der Waals surface area contributed by atoms with Crippen molar-refractivity contribution in [2.45, 2.75) is 4.90 Å². The highest BCUT2D eigenvalue weighted by atomic mass is 35.5. The minimum Gasteiger partial charge on any atom is -0.495 e. The largest absolute Gasteiger partial charge is 0.495 e. The van der Waals surface area contributed by atoms with Gasteiger partial charge in [-0.05, 0) is 30.3 Å². The number of carbonyl (C=O) groups is 1. The first-order chi connectivity index (χ1) is 12.7. The number of benzene rings is 2. The Labute approximate surface area is 161 Å². The highest BCUT2D eigenvalue weighted by Gasteiger charge is 2.24. The molecule has 0 saturated carbocycles. The Morgan fingerprint density at radius 2 is 1.96 bits per heavy atom. The molecule has 0 spiro atoms. The van der Waals surface area contributed by atoms with Gasteiger partial charge in [0.1, 0.15) is 10.6 Å². The molecule has 3 rings (SSSR count). The average Bonchev–Trinajstić information content (AvgIpc) is 3.10. The lowest BCUT2D eigenvalue weighted by Gasteiger charge is -2.16. The van der Waals surface area contributed by atoms with Gasteiger partial charge in [0.05, 0.1) is 12.1 Å². The lowest BCUT2D eigenvalue weighted by atomic mass is 10.2. The third-order valence-corrected chi connectivity index (χ3v) is 5.99. The Bertz CT molecular complexity index is 1010. The summed E-state index contributed by atoms with van der Waals surface area (Å²) < 4.78 is 41.6. The molecule has 1 aliphatic rings. The van der Waals surface area contributed by atoms with Gasteiger partial charge in [-0.2, -0.15) is 0 Å². The summed E-state index contributed by atoms with van der Waals surface area (Å²) in [5.41, 5.74) is 0.534. The van der Waals surface area contributed by atoms with E-state index in [9.17, 15) is 13.2 Å². The molecular weight excluding hydrogens is 396 g/mol. The fourth-order valence-corrected chi connectivity index (χ4v) is 3.79. The van der Waals surface area contributed by atoms with E-state index in [1.54, 1.807) is 6.07 Å². The number of hydrogen-bond donors (Lipinski definition) is 1. The number of rotatable bonds is 5. The van der Waals surface area contributed by atoms with Crippen LogP contribution in [0.15, 0.2) is 35.2 Å². The van der Waals surface area contributed by atoms with Gasteiger partial charge in [-0.1, -0.05) is 11.6 Å². The fourth-order valence-electron chi connectivity index (χ4n) is 2.45. The summed E-state index contributed by atoms with van der Waals surface area (Å²) in [6.07, 6.45) is 0. The summed E-state index contributed by atoms with van der Waals surface area (Å²) in [5.74, 6) is 0.455. The highest BCUT2D eigenvalue weighted by Crippen LogP contribution is 2.40. The van der Waals surface area contributed by atoms with Crippen LogP contribution in [0.1, 0.15) is 10.4 Å². The SMILES string of the molecule is COc1ccc(NC(=O)c2cc(Cl)c3c(c2)OCO3)cc1S(=O)(=O)N(C)C. The van der Waals surface area contributed by atoms with Crippen molar-refractivity contribution in [2.75, 3.05) is 33.3 Å². The van der Waals surface area contributed by atoms with Crippen LogP contribution in [-0.2, 0) is 10.0 Å². The van der Waals surface area contributed by atoms with E-state index in [0.717, 1.165) is 4.31 Å². The Balaban J connectivity index is 1.92. The molecule has 10 heteroatoms. The van der Waals surface area contributed by atoms with Crippen molar-refractivity contribution in [1.29, 1.82) is 0 Å². The summed E-state index contributed by atoms with van der Waals surface area (Å²) >= 11 is 6.09. The maximum Gasteiger partial charge on any atom is 0.255 e. The number of ether oxygens (including phenoxy) is 3. The minimum absolute atomic E-state index is 0.0321. The van der Waals surface area contributed by atoms with Crippen molar-refractivity contribution < 1.29 is 27.4 Å². The summed E-state index contributed by atoms with van der Waals surface area (Å²) in [4.78, 5) is 12.5. The molecular formula is C17H17ClN2O6S. The molecule has 2 aromatic carbocycles. The molecule has 0 radical (unpaired) electrons. The van der Waals surface area contributed by atoms with Gasteiger partial charge in [0.25, 0.3) is 5.91 Å². The lowest BCUT2D eigenvalue weighted by molar-refractivity contribution is 0.102. The van der Waals surface area contributed by atoms with Crippen LogP contribution in [0, 0.1) is 0 Å². The molecule has 2 aromatic rings. The van der Waals surface area contributed by atoms with Gasteiger partial charge in [-0.25, -0.2) is 12.7 Å². The van der Waals surface area contributed by atoms with E-state index in [0.29, 0.717) is 11.5 Å². The molecule has 0 aromatic heterocycles. The molecule has 8 nitrogen and oxygen atoms in total. The van der Waals surface area contributed by atoms with Crippen LogP contribution >= 0.6 is 11.6 Å². The first-order valence-corrected chi connectivity index (χ1v) is 9.57. The summed E-state index contributed by atoms with van der Waals surface area (Å²) in [6, 6.07) is 7.30. The molecule has 1 N–H and O–H groups in total. The summed E-state index contributed by atoms with van der Waals surface area (Å²) in [6.45, 7) is 0.0321. The predicted molar refractivity (Wildman–Crippen MR) is 99.4 cm³/mol.